The molecule has 1 aromatic rings. The predicted molar refractivity (Wildman–Crippen MR) is 59.0 cm³/mol. The van der Waals surface area contributed by atoms with Crippen molar-refractivity contribution in [2.45, 2.75) is 25.0 Å². The fourth-order valence-corrected chi connectivity index (χ4v) is 2.26. The molecule has 1 aliphatic rings. The van der Waals surface area contributed by atoms with Gasteiger partial charge < -0.3 is 15.2 Å². The van der Waals surface area contributed by atoms with Crippen LogP contribution in [0.25, 0.3) is 0 Å². The number of β-amino-alcohol motifs (C(OH)–C–C–N with tert-alkyl or cyclic N) is 1. The summed E-state index contributed by atoms with van der Waals surface area (Å²) in [6.45, 7) is 2.75. The number of benzene rings is 1. The van der Waals surface area contributed by atoms with E-state index in [1.165, 1.54) is 0 Å². The van der Waals surface area contributed by atoms with Crippen molar-refractivity contribution in [1.29, 1.82) is 0 Å². The zero-order valence-electron chi connectivity index (χ0n) is 9.16. The van der Waals surface area contributed by atoms with Crippen LogP contribution in [-0.4, -0.2) is 24.9 Å². The topological polar surface area (TPSA) is 41.5 Å². The van der Waals surface area contributed by atoms with Gasteiger partial charge in [0.25, 0.3) is 0 Å². The summed E-state index contributed by atoms with van der Waals surface area (Å²) < 4.78 is 5.34. The van der Waals surface area contributed by atoms with Gasteiger partial charge in [0.2, 0.25) is 0 Å². The van der Waals surface area contributed by atoms with Crippen LogP contribution in [0.2, 0.25) is 0 Å². The minimum absolute atomic E-state index is 0.175. The Morgan fingerprint density at radius 2 is 2.20 bits per heavy atom. The van der Waals surface area contributed by atoms with E-state index < -0.39 is 0 Å². The molecule has 1 aliphatic heterocycles. The van der Waals surface area contributed by atoms with Crippen molar-refractivity contribution in [3.8, 4) is 5.75 Å². The van der Waals surface area contributed by atoms with Crippen LogP contribution < -0.4 is 10.1 Å². The second kappa shape index (κ2) is 3.83. The third-order valence-electron chi connectivity index (χ3n) is 3.07. The second-order valence-electron chi connectivity index (χ2n) is 4.27. The summed E-state index contributed by atoms with van der Waals surface area (Å²) in [5, 5.41) is 12.9. The van der Waals surface area contributed by atoms with Crippen molar-refractivity contribution in [3.05, 3.63) is 29.8 Å². The third-order valence-corrected chi connectivity index (χ3v) is 3.07. The standard InChI is InChI=1S/C12H17NO2/c1-12(7-9(14)8-13-12)10-5-3-4-6-11(10)15-2/h3-6,9,13-14H,7-8H2,1-2H3. The molecule has 0 bridgehead atoms. The molecule has 0 aromatic heterocycles. The summed E-state index contributed by atoms with van der Waals surface area (Å²) in [6.07, 6.45) is 0.466. The number of nitrogens with one attached hydrogen (secondary N) is 1. The van der Waals surface area contributed by atoms with Gasteiger partial charge in [0.15, 0.2) is 0 Å². The van der Waals surface area contributed by atoms with Crippen LogP contribution >= 0.6 is 0 Å². The van der Waals surface area contributed by atoms with Gasteiger partial charge in [-0.25, -0.2) is 0 Å². The Morgan fingerprint density at radius 3 is 2.80 bits per heavy atom. The molecule has 0 radical (unpaired) electrons. The number of aliphatic hydroxyl groups excluding tert-OH is 1. The highest BCUT2D eigenvalue weighted by Crippen LogP contribution is 2.35. The molecule has 2 rings (SSSR count). The molecule has 0 saturated carbocycles. The van der Waals surface area contributed by atoms with Crippen molar-refractivity contribution in [1.82, 2.24) is 5.32 Å². The van der Waals surface area contributed by atoms with Crippen LogP contribution in [0.5, 0.6) is 5.75 Å². The van der Waals surface area contributed by atoms with E-state index >= 15 is 0 Å². The molecule has 0 spiro atoms. The first-order valence-electron chi connectivity index (χ1n) is 5.22. The summed E-state index contributed by atoms with van der Waals surface area (Å²) in [4.78, 5) is 0. The van der Waals surface area contributed by atoms with Crippen molar-refractivity contribution >= 4 is 0 Å². The Labute approximate surface area is 90.1 Å². The number of rotatable bonds is 2. The van der Waals surface area contributed by atoms with Gasteiger partial charge in [-0.2, -0.15) is 0 Å². The highest BCUT2D eigenvalue weighted by molar-refractivity contribution is 5.39. The molecule has 0 aliphatic carbocycles. The quantitative estimate of drug-likeness (QED) is 0.767. The first-order chi connectivity index (χ1) is 7.15. The van der Waals surface area contributed by atoms with E-state index in [1.54, 1.807) is 7.11 Å². The average Bonchev–Trinajstić information content (AvgIpc) is 2.60. The van der Waals surface area contributed by atoms with Gasteiger partial charge in [0.1, 0.15) is 5.75 Å². The monoisotopic (exact) mass is 207 g/mol. The molecule has 1 fully saturated rings. The van der Waals surface area contributed by atoms with E-state index in [4.69, 9.17) is 4.74 Å². The zero-order valence-corrected chi connectivity index (χ0v) is 9.16. The fraction of sp³-hybridized carbons (Fsp3) is 0.500. The SMILES string of the molecule is COc1ccccc1C1(C)CC(O)CN1. The lowest BCUT2D eigenvalue weighted by Gasteiger charge is -2.26. The Balaban J connectivity index is 2.36. The van der Waals surface area contributed by atoms with Crippen LogP contribution in [-0.2, 0) is 5.54 Å². The predicted octanol–water partition coefficient (Wildman–Crippen LogP) is 1.26. The zero-order chi connectivity index (χ0) is 10.9. The molecule has 2 N–H and O–H groups in total. The summed E-state index contributed by atoms with van der Waals surface area (Å²) in [5.74, 6) is 0.876. The number of ether oxygens (including phenoxy) is 1. The van der Waals surface area contributed by atoms with E-state index in [1.807, 2.05) is 24.3 Å². The molecule has 82 valence electrons. The molecule has 2 unspecified atom stereocenters. The van der Waals surface area contributed by atoms with Gasteiger partial charge in [0.05, 0.1) is 13.2 Å². The second-order valence-corrected chi connectivity index (χ2v) is 4.27. The molecule has 15 heavy (non-hydrogen) atoms. The number of hydrogen-bond donors (Lipinski definition) is 2. The van der Waals surface area contributed by atoms with Gasteiger partial charge in [-0.15, -0.1) is 0 Å². The lowest BCUT2D eigenvalue weighted by Crippen LogP contribution is -2.33. The molecule has 1 heterocycles. The number of methoxy groups -OCH3 is 1. The Hall–Kier alpha value is -1.06. The van der Waals surface area contributed by atoms with Gasteiger partial charge in [-0.3, -0.25) is 0 Å². The summed E-state index contributed by atoms with van der Waals surface area (Å²) in [7, 11) is 1.67. The summed E-state index contributed by atoms with van der Waals surface area (Å²) in [5.41, 5.74) is 0.940. The van der Waals surface area contributed by atoms with Gasteiger partial charge in [-0.1, -0.05) is 18.2 Å². The Bertz CT molecular complexity index is 353. The highest BCUT2D eigenvalue weighted by atomic mass is 16.5. The number of hydrogen-bond acceptors (Lipinski definition) is 3. The smallest absolute Gasteiger partial charge is 0.123 e. The van der Waals surface area contributed by atoms with Crippen LogP contribution in [0.1, 0.15) is 18.9 Å². The minimum atomic E-state index is -0.264. The van der Waals surface area contributed by atoms with Gasteiger partial charge in [-0.05, 0) is 19.4 Å². The van der Waals surface area contributed by atoms with Crippen LogP contribution in [0.4, 0.5) is 0 Å². The lowest BCUT2D eigenvalue weighted by molar-refractivity contribution is 0.186. The maximum absolute atomic E-state index is 9.59. The van der Waals surface area contributed by atoms with Crippen LogP contribution in [0.15, 0.2) is 24.3 Å². The molecule has 3 nitrogen and oxygen atoms in total. The maximum Gasteiger partial charge on any atom is 0.123 e. The molecule has 0 amide bonds. The number of aliphatic hydroxyl groups is 1. The van der Waals surface area contributed by atoms with Crippen molar-refractivity contribution in [2.75, 3.05) is 13.7 Å². The largest absolute Gasteiger partial charge is 0.496 e. The molecule has 3 heteroatoms. The maximum atomic E-state index is 9.59. The summed E-state index contributed by atoms with van der Waals surface area (Å²) in [6, 6.07) is 7.95. The normalized spacial score (nSPS) is 30.5. The average molecular weight is 207 g/mol. The third kappa shape index (κ3) is 1.85. The molecular formula is C12H17NO2. The van der Waals surface area contributed by atoms with Crippen LogP contribution in [0, 0.1) is 0 Å². The fourth-order valence-electron chi connectivity index (χ4n) is 2.26. The molecule has 1 saturated heterocycles. The Morgan fingerprint density at radius 1 is 1.47 bits per heavy atom. The van der Waals surface area contributed by atoms with Crippen molar-refractivity contribution in [2.24, 2.45) is 0 Å². The Kier molecular flexibility index (Phi) is 2.67. The lowest BCUT2D eigenvalue weighted by atomic mass is 9.89. The van der Waals surface area contributed by atoms with Crippen LogP contribution in [0.3, 0.4) is 0 Å². The minimum Gasteiger partial charge on any atom is -0.496 e. The first kappa shape index (κ1) is 10.5. The van der Waals surface area contributed by atoms with E-state index in [0.29, 0.717) is 6.54 Å². The molecule has 2 atom stereocenters. The van der Waals surface area contributed by atoms with E-state index in [9.17, 15) is 5.11 Å². The summed E-state index contributed by atoms with van der Waals surface area (Å²) >= 11 is 0. The van der Waals surface area contributed by atoms with Gasteiger partial charge >= 0.3 is 0 Å². The van der Waals surface area contributed by atoms with E-state index in [0.717, 1.165) is 17.7 Å². The molecule has 1 aromatic carbocycles. The molecular weight excluding hydrogens is 190 g/mol. The van der Waals surface area contributed by atoms with E-state index in [2.05, 4.69) is 12.2 Å². The van der Waals surface area contributed by atoms with Crippen molar-refractivity contribution < 1.29 is 9.84 Å². The number of para-hydroxylation sites is 1. The highest BCUT2D eigenvalue weighted by Gasteiger charge is 2.36. The van der Waals surface area contributed by atoms with Crippen molar-refractivity contribution in [3.63, 3.8) is 0 Å². The first-order valence-corrected chi connectivity index (χ1v) is 5.22. The van der Waals surface area contributed by atoms with Gasteiger partial charge in [0, 0.05) is 17.6 Å². The van der Waals surface area contributed by atoms with E-state index in [-0.39, 0.29) is 11.6 Å².